The molecule has 0 spiro atoms. The first-order valence-corrected chi connectivity index (χ1v) is 6.13. The number of rotatable bonds is 5. The molecule has 0 radical (unpaired) electrons. The van der Waals surface area contributed by atoms with Gasteiger partial charge in [-0.3, -0.25) is 5.41 Å². The molecule has 1 rings (SSSR count). The van der Waals surface area contributed by atoms with E-state index in [9.17, 15) is 0 Å². The second-order valence-corrected chi connectivity index (χ2v) is 4.34. The molecule has 0 aromatic rings. The fourth-order valence-electron chi connectivity index (χ4n) is 2.15. The minimum atomic E-state index is 0.505. The number of hydrogen-bond acceptors (Lipinski definition) is 2. The fourth-order valence-corrected chi connectivity index (χ4v) is 2.15. The fraction of sp³-hybridized carbons (Fsp3) is 0.917. The number of likely N-dealkylation sites (N-methyl/N-ethyl adjacent to an activating group) is 1. The van der Waals surface area contributed by atoms with E-state index < -0.39 is 0 Å². The van der Waals surface area contributed by atoms with Gasteiger partial charge in [0.2, 0.25) is 0 Å². The third-order valence-electron chi connectivity index (χ3n) is 3.18. The van der Waals surface area contributed by atoms with Crippen molar-refractivity contribution in [2.45, 2.75) is 39.0 Å². The van der Waals surface area contributed by atoms with Gasteiger partial charge in [0.25, 0.3) is 0 Å². The van der Waals surface area contributed by atoms with Crippen LogP contribution in [0.2, 0.25) is 0 Å². The van der Waals surface area contributed by atoms with Crippen LogP contribution in [0.4, 0.5) is 0 Å². The van der Waals surface area contributed by atoms with Crippen LogP contribution in [-0.2, 0) is 4.74 Å². The van der Waals surface area contributed by atoms with Gasteiger partial charge in [-0.2, -0.15) is 0 Å². The topological polar surface area (TPSA) is 36.3 Å². The third kappa shape index (κ3) is 4.20. The lowest BCUT2D eigenvalue weighted by Gasteiger charge is -2.29. The summed E-state index contributed by atoms with van der Waals surface area (Å²) >= 11 is 0. The van der Waals surface area contributed by atoms with Gasteiger partial charge in [-0.15, -0.1) is 0 Å². The lowest BCUT2D eigenvalue weighted by molar-refractivity contribution is 0.135. The van der Waals surface area contributed by atoms with Gasteiger partial charge >= 0.3 is 0 Å². The predicted octanol–water partition coefficient (Wildman–Crippen LogP) is 2.51. The summed E-state index contributed by atoms with van der Waals surface area (Å²) in [5, 5.41) is 8.10. The van der Waals surface area contributed by atoms with Crippen molar-refractivity contribution in [3.63, 3.8) is 0 Å². The molecule has 88 valence electrons. The Morgan fingerprint density at radius 2 is 2.00 bits per heavy atom. The summed E-state index contributed by atoms with van der Waals surface area (Å²) in [6.07, 6.45) is 6.36. The number of amidine groups is 1. The van der Waals surface area contributed by atoms with Crippen LogP contribution in [0.5, 0.6) is 0 Å². The van der Waals surface area contributed by atoms with Gasteiger partial charge in [0, 0.05) is 26.1 Å². The molecule has 15 heavy (non-hydrogen) atoms. The Labute approximate surface area is 93.3 Å². The summed E-state index contributed by atoms with van der Waals surface area (Å²) < 4.78 is 5.30. The average Bonchev–Trinajstić information content (AvgIpc) is 2.29. The molecular formula is C12H24N2O. The first-order valence-electron chi connectivity index (χ1n) is 6.13. The lowest BCUT2D eigenvalue weighted by atomic mass is 9.88. The SMILES string of the molecule is CCOCCN(C)C(=N)C1CCCCC1. The van der Waals surface area contributed by atoms with Crippen LogP contribution in [0.25, 0.3) is 0 Å². The highest BCUT2D eigenvalue weighted by Gasteiger charge is 2.20. The van der Waals surface area contributed by atoms with Crippen molar-refractivity contribution >= 4 is 5.84 Å². The molecule has 0 aromatic carbocycles. The van der Waals surface area contributed by atoms with Gasteiger partial charge in [-0.25, -0.2) is 0 Å². The van der Waals surface area contributed by atoms with E-state index in [2.05, 4.69) is 0 Å². The maximum absolute atomic E-state index is 8.10. The van der Waals surface area contributed by atoms with Gasteiger partial charge in [-0.1, -0.05) is 19.3 Å². The van der Waals surface area contributed by atoms with Gasteiger partial charge in [0.1, 0.15) is 0 Å². The largest absolute Gasteiger partial charge is 0.380 e. The van der Waals surface area contributed by atoms with Crippen molar-refractivity contribution in [1.29, 1.82) is 5.41 Å². The highest BCUT2D eigenvalue weighted by molar-refractivity contribution is 5.81. The second-order valence-electron chi connectivity index (χ2n) is 4.34. The zero-order valence-corrected chi connectivity index (χ0v) is 10.1. The molecule has 0 unspecified atom stereocenters. The van der Waals surface area contributed by atoms with E-state index in [1.165, 1.54) is 32.1 Å². The van der Waals surface area contributed by atoms with Crippen molar-refractivity contribution in [2.24, 2.45) is 5.92 Å². The molecule has 0 heterocycles. The molecule has 0 aliphatic heterocycles. The van der Waals surface area contributed by atoms with E-state index in [1.54, 1.807) is 0 Å². The van der Waals surface area contributed by atoms with Crippen molar-refractivity contribution in [3.8, 4) is 0 Å². The van der Waals surface area contributed by atoms with Crippen LogP contribution < -0.4 is 0 Å². The quantitative estimate of drug-likeness (QED) is 0.432. The van der Waals surface area contributed by atoms with Crippen LogP contribution in [0, 0.1) is 11.3 Å². The molecular weight excluding hydrogens is 188 g/mol. The minimum absolute atomic E-state index is 0.505. The van der Waals surface area contributed by atoms with Crippen LogP contribution in [0.1, 0.15) is 39.0 Å². The van der Waals surface area contributed by atoms with Crippen molar-refractivity contribution in [3.05, 3.63) is 0 Å². The number of nitrogens with zero attached hydrogens (tertiary/aromatic N) is 1. The summed E-state index contributed by atoms with van der Waals surface area (Å²) in [6.45, 7) is 4.36. The van der Waals surface area contributed by atoms with Crippen molar-refractivity contribution in [2.75, 3.05) is 26.8 Å². The number of ether oxygens (including phenoxy) is 1. The molecule has 3 nitrogen and oxygen atoms in total. The molecule has 1 aliphatic rings. The molecule has 1 N–H and O–H groups in total. The van der Waals surface area contributed by atoms with Crippen molar-refractivity contribution < 1.29 is 4.74 Å². The Morgan fingerprint density at radius 1 is 1.33 bits per heavy atom. The van der Waals surface area contributed by atoms with Crippen LogP contribution >= 0.6 is 0 Å². The summed E-state index contributed by atoms with van der Waals surface area (Å²) in [5.41, 5.74) is 0. The highest BCUT2D eigenvalue weighted by Crippen LogP contribution is 2.25. The van der Waals surface area contributed by atoms with Gasteiger partial charge in [0.15, 0.2) is 0 Å². The molecule has 3 heteroatoms. The Kier molecular flexibility index (Phi) is 5.69. The summed E-state index contributed by atoms with van der Waals surface area (Å²) in [6, 6.07) is 0. The minimum Gasteiger partial charge on any atom is -0.380 e. The zero-order chi connectivity index (χ0) is 11.1. The predicted molar refractivity (Wildman–Crippen MR) is 63.4 cm³/mol. The maximum atomic E-state index is 8.10. The van der Waals surface area contributed by atoms with Crippen LogP contribution in [0.3, 0.4) is 0 Å². The van der Waals surface area contributed by atoms with Gasteiger partial charge in [0.05, 0.1) is 12.4 Å². The van der Waals surface area contributed by atoms with E-state index >= 15 is 0 Å². The molecule has 0 atom stereocenters. The standard InChI is InChI=1S/C12H24N2O/c1-3-15-10-9-14(2)12(13)11-7-5-4-6-8-11/h11,13H,3-10H2,1-2H3. The Bertz CT molecular complexity index is 188. The smallest absolute Gasteiger partial charge is 0.0987 e. The normalized spacial score (nSPS) is 17.7. The molecule has 1 fully saturated rings. The van der Waals surface area contributed by atoms with Crippen molar-refractivity contribution in [1.82, 2.24) is 4.90 Å². The summed E-state index contributed by atoms with van der Waals surface area (Å²) in [7, 11) is 2.01. The average molecular weight is 212 g/mol. The molecule has 0 amide bonds. The molecule has 0 aromatic heterocycles. The lowest BCUT2D eigenvalue weighted by Crippen LogP contribution is -2.35. The molecule has 1 aliphatic carbocycles. The second kappa shape index (κ2) is 6.83. The third-order valence-corrected chi connectivity index (χ3v) is 3.18. The van der Waals surface area contributed by atoms with Crippen LogP contribution in [-0.4, -0.2) is 37.5 Å². The Balaban J connectivity index is 2.24. The first-order chi connectivity index (χ1) is 7.25. The summed E-state index contributed by atoms with van der Waals surface area (Å²) in [5.74, 6) is 1.32. The molecule has 0 saturated heterocycles. The Morgan fingerprint density at radius 3 is 2.60 bits per heavy atom. The monoisotopic (exact) mass is 212 g/mol. The van der Waals surface area contributed by atoms with E-state index in [0.717, 1.165) is 25.6 Å². The molecule has 0 bridgehead atoms. The van der Waals surface area contributed by atoms with Crippen LogP contribution in [0.15, 0.2) is 0 Å². The van der Waals surface area contributed by atoms with E-state index in [4.69, 9.17) is 10.1 Å². The number of hydrogen-bond donors (Lipinski definition) is 1. The van der Waals surface area contributed by atoms with E-state index in [0.29, 0.717) is 5.92 Å². The number of nitrogens with one attached hydrogen (secondary N) is 1. The summed E-state index contributed by atoms with van der Waals surface area (Å²) in [4.78, 5) is 2.05. The zero-order valence-electron chi connectivity index (χ0n) is 10.1. The van der Waals surface area contributed by atoms with Gasteiger partial charge in [-0.05, 0) is 19.8 Å². The molecule has 1 saturated carbocycles. The van der Waals surface area contributed by atoms with E-state index in [-0.39, 0.29) is 0 Å². The first kappa shape index (κ1) is 12.5. The van der Waals surface area contributed by atoms with Gasteiger partial charge < -0.3 is 9.64 Å². The maximum Gasteiger partial charge on any atom is 0.0987 e. The van der Waals surface area contributed by atoms with E-state index in [1.807, 2.05) is 18.9 Å². The highest BCUT2D eigenvalue weighted by atomic mass is 16.5. The Hall–Kier alpha value is -0.570.